The molecule has 2 rings (SSSR count). The highest BCUT2D eigenvalue weighted by molar-refractivity contribution is 5.93. The Morgan fingerprint density at radius 2 is 1.71 bits per heavy atom. The zero-order chi connectivity index (χ0) is 15.6. The second-order valence-corrected chi connectivity index (χ2v) is 4.35. The fourth-order valence-electron chi connectivity index (χ4n) is 1.92. The number of alkyl halides is 3. The van der Waals surface area contributed by atoms with Crippen LogP contribution in [0.3, 0.4) is 0 Å². The summed E-state index contributed by atoms with van der Waals surface area (Å²) in [4.78, 5) is 11.0. The number of hydrogen-bond acceptors (Lipinski definition) is 2. The normalized spacial score (nSPS) is 11.2. The van der Waals surface area contributed by atoms with Crippen molar-refractivity contribution in [2.75, 3.05) is 7.11 Å². The van der Waals surface area contributed by atoms with Gasteiger partial charge in [-0.15, -0.1) is 0 Å². The lowest BCUT2D eigenvalue weighted by molar-refractivity contribution is -0.137. The van der Waals surface area contributed by atoms with Crippen molar-refractivity contribution in [3.05, 3.63) is 53.6 Å². The van der Waals surface area contributed by atoms with Crippen molar-refractivity contribution < 1.29 is 22.7 Å². The average molecular weight is 295 g/mol. The van der Waals surface area contributed by atoms with E-state index in [9.17, 15) is 18.0 Å². The Morgan fingerprint density at radius 3 is 2.19 bits per heavy atom. The minimum atomic E-state index is -4.43. The standard InChI is InChI=1S/C15H12F3NO2/c1-21-13-8-11(15(16,17)18)6-7-12(13)9-2-4-10(5-3-9)14(19)20/h2-8H,1H3,(H2,19,20). The summed E-state index contributed by atoms with van der Waals surface area (Å²) in [6.07, 6.45) is -4.43. The van der Waals surface area contributed by atoms with Crippen LogP contribution in [0, 0.1) is 0 Å². The Labute approximate surface area is 119 Å². The van der Waals surface area contributed by atoms with E-state index in [1.54, 1.807) is 12.1 Å². The monoisotopic (exact) mass is 295 g/mol. The van der Waals surface area contributed by atoms with E-state index in [2.05, 4.69) is 0 Å². The van der Waals surface area contributed by atoms with Gasteiger partial charge in [0.15, 0.2) is 0 Å². The van der Waals surface area contributed by atoms with Crippen LogP contribution < -0.4 is 10.5 Å². The summed E-state index contributed by atoms with van der Waals surface area (Å²) in [6, 6.07) is 9.48. The number of carbonyl (C=O) groups is 1. The first-order valence-corrected chi connectivity index (χ1v) is 5.98. The third kappa shape index (κ3) is 3.16. The highest BCUT2D eigenvalue weighted by Crippen LogP contribution is 2.37. The number of carbonyl (C=O) groups excluding carboxylic acids is 1. The molecule has 0 spiro atoms. The zero-order valence-corrected chi connectivity index (χ0v) is 11.1. The van der Waals surface area contributed by atoms with Crippen LogP contribution in [0.15, 0.2) is 42.5 Å². The molecule has 0 aliphatic heterocycles. The number of amides is 1. The third-order valence-electron chi connectivity index (χ3n) is 3.01. The Balaban J connectivity index is 2.46. The fraction of sp³-hybridized carbons (Fsp3) is 0.133. The molecule has 0 heterocycles. The predicted molar refractivity (Wildman–Crippen MR) is 71.9 cm³/mol. The van der Waals surface area contributed by atoms with E-state index in [0.29, 0.717) is 16.7 Å². The summed E-state index contributed by atoms with van der Waals surface area (Å²) in [5.41, 5.74) is 5.81. The van der Waals surface area contributed by atoms with Crippen molar-refractivity contribution in [3.8, 4) is 16.9 Å². The lowest BCUT2D eigenvalue weighted by Gasteiger charge is -2.13. The van der Waals surface area contributed by atoms with Crippen LogP contribution in [0.1, 0.15) is 15.9 Å². The second kappa shape index (κ2) is 5.47. The van der Waals surface area contributed by atoms with Crippen LogP contribution >= 0.6 is 0 Å². The summed E-state index contributed by atoms with van der Waals surface area (Å²) >= 11 is 0. The number of primary amides is 1. The number of benzene rings is 2. The Morgan fingerprint density at radius 1 is 1.10 bits per heavy atom. The number of hydrogen-bond donors (Lipinski definition) is 1. The van der Waals surface area contributed by atoms with Gasteiger partial charge in [0.1, 0.15) is 5.75 Å². The van der Waals surface area contributed by atoms with Gasteiger partial charge in [0, 0.05) is 11.1 Å². The largest absolute Gasteiger partial charge is 0.496 e. The topological polar surface area (TPSA) is 52.3 Å². The maximum Gasteiger partial charge on any atom is 0.416 e. The fourth-order valence-corrected chi connectivity index (χ4v) is 1.92. The summed E-state index contributed by atoms with van der Waals surface area (Å²) in [7, 11) is 1.30. The van der Waals surface area contributed by atoms with Crippen molar-refractivity contribution >= 4 is 5.91 Å². The number of methoxy groups -OCH3 is 1. The summed E-state index contributed by atoms with van der Waals surface area (Å²) in [5, 5.41) is 0. The van der Waals surface area contributed by atoms with Crippen LogP contribution in [0.4, 0.5) is 13.2 Å². The predicted octanol–water partition coefficient (Wildman–Crippen LogP) is 3.48. The van der Waals surface area contributed by atoms with E-state index in [4.69, 9.17) is 10.5 Å². The van der Waals surface area contributed by atoms with E-state index in [0.717, 1.165) is 12.1 Å². The quantitative estimate of drug-likeness (QED) is 0.942. The molecule has 0 aliphatic rings. The molecular weight excluding hydrogens is 283 g/mol. The first-order valence-electron chi connectivity index (χ1n) is 5.98. The van der Waals surface area contributed by atoms with Crippen molar-refractivity contribution in [1.29, 1.82) is 0 Å². The van der Waals surface area contributed by atoms with E-state index in [1.807, 2.05) is 0 Å². The van der Waals surface area contributed by atoms with Crippen LogP contribution in [-0.2, 0) is 6.18 Å². The second-order valence-electron chi connectivity index (χ2n) is 4.35. The van der Waals surface area contributed by atoms with E-state index in [-0.39, 0.29) is 5.75 Å². The lowest BCUT2D eigenvalue weighted by Crippen LogP contribution is -2.10. The molecule has 2 N–H and O–H groups in total. The van der Waals surface area contributed by atoms with Gasteiger partial charge in [-0.1, -0.05) is 18.2 Å². The average Bonchev–Trinajstić information content (AvgIpc) is 2.45. The van der Waals surface area contributed by atoms with Gasteiger partial charge >= 0.3 is 6.18 Å². The maximum absolute atomic E-state index is 12.7. The molecular formula is C15H12F3NO2. The van der Waals surface area contributed by atoms with Gasteiger partial charge in [0.05, 0.1) is 12.7 Å². The first-order chi connectivity index (χ1) is 9.82. The Kier molecular flexibility index (Phi) is 3.88. The highest BCUT2D eigenvalue weighted by atomic mass is 19.4. The lowest BCUT2D eigenvalue weighted by atomic mass is 10.0. The molecule has 0 unspecified atom stereocenters. The molecule has 1 amide bonds. The van der Waals surface area contributed by atoms with Crippen molar-refractivity contribution in [2.24, 2.45) is 5.73 Å². The molecule has 2 aromatic carbocycles. The molecule has 0 bridgehead atoms. The van der Waals surface area contributed by atoms with Gasteiger partial charge in [-0.05, 0) is 29.8 Å². The minimum Gasteiger partial charge on any atom is -0.496 e. The van der Waals surface area contributed by atoms with Gasteiger partial charge in [0.2, 0.25) is 5.91 Å². The molecule has 21 heavy (non-hydrogen) atoms. The molecule has 2 aromatic rings. The summed E-state index contributed by atoms with van der Waals surface area (Å²) in [5.74, 6) is -0.461. The van der Waals surface area contributed by atoms with E-state index >= 15 is 0 Å². The zero-order valence-electron chi connectivity index (χ0n) is 11.1. The molecule has 0 saturated carbocycles. The SMILES string of the molecule is COc1cc(C(F)(F)F)ccc1-c1ccc(C(N)=O)cc1. The molecule has 0 radical (unpaired) electrons. The summed E-state index contributed by atoms with van der Waals surface area (Å²) < 4.78 is 43.0. The van der Waals surface area contributed by atoms with Crippen LogP contribution in [0.5, 0.6) is 5.75 Å². The Hall–Kier alpha value is -2.50. The number of rotatable bonds is 3. The van der Waals surface area contributed by atoms with Gasteiger partial charge < -0.3 is 10.5 Å². The molecule has 0 fully saturated rings. The molecule has 0 aliphatic carbocycles. The van der Waals surface area contributed by atoms with Gasteiger partial charge in [-0.2, -0.15) is 13.2 Å². The maximum atomic E-state index is 12.7. The van der Waals surface area contributed by atoms with Crippen LogP contribution in [0.2, 0.25) is 0 Å². The van der Waals surface area contributed by atoms with Gasteiger partial charge in [-0.3, -0.25) is 4.79 Å². The molecule has 110 valence electrons. The molecule has 3 nitrogen and oxygen atoms in total. The third-order valence-corrected chi connectivity index (χ3v) is 3.01. The first kappa shape index (κ1) is 14.9. The van der Waals surface area contributed by atoms with E-state index in [1.165, 1.54) is 25.3 Å². The summed E-state index contributed by atoms with van der Waals surface area (Å²) in [6.45, 7) is 0. The van der Waals surface area contributed by atoms with Crippen LogP contribution in [0.25, 0.3) is 11.1 Å². The smallest absolute Gasteiger partial charge is 0.416 e. The van der Waals surface area contributed by atoms with Crippen LogP contribution in [-0.4, -0.2) is 13.0 Å². The van der Waals surface area contributed by atoms with Gasteiger partial charge in [0.25, 0.3) is 0 Å². The number of nitrogens with two attached hydrogens (primary N) is 1. The molecule has 0 saturated heterocycles. The molecule has 0 aromatic heterocycles. The number of ether oxygens (including phenoxy) is 1. The molecule has 0 atom stereocenters. The van der Waals surface area contributed by atoms with Crippen molar-refractivity contribution in [1.82, 2.24) is 0 Å². The van der Waals surface area contributed by atoms with Crippen molar-refractivity contribution in [3.63, 3.8) is 0 Å². The van der Waals surface area contributed by atoms with Crippen molar-refractivity contribution in [2.45, 2.75) is 6.18 Å². The Bertz CT molecular complexity index is 664. The highest BCUT2D eigenvalue weighted by Gasteiger charge is 2.31. The minimum absolute atomic E-state index is 0.108. The van der Waals surface area contributed by atoms with Gasteiger partial charge in [-0.25, -0.2) is 0 Å². The van der Waals surface area contributed by atoms with E-state index < -0.39 is 17.6 Å². The number of halogens is 3. The molecule has 6 heteroatoms.